The van der Waals surface area contributed by atoms with Gasteiger partial charge in [0.05, 0.1) is 18.4 Å². The van der Waals surface area contributed by atoms with Crippen LogP contribution in [0.1, 0.15) is 42.3 Å². The van der Waals surface area contributed by atoms with E-state index in [1.807, 2.05) is 42.1 Å². The zero-order valence-electron chi connectivity index (χ0n) is 19.5. The van der Waals surface area contributed by atoms with E-state index in [2.05, 4.69) is 10.3 Å². The second-order valence-electron chi connectivity index (χ2n) is 8.46. The third-order valence-corrected chi connectivity index (χ3v) is 8.02. The Kier molecular flexibility index (Phi) is 7.33. The summed E-state index contributed by atoms with van der Waals surface area (Å²) in [4.78, 5) is 17.6. The molecule has 3 aromatic rings. The summed E-state index contributed by atoms with van der Waals surface area (Å²) in [6, 6.07) is 13.7. The number of methoxy groups -OCH3 is 1. The monoisotopic (exact) mass is 482 g/mol. The molecule has 2 heterocycles. The van der Waals surface area contributed by atoms with Gasteiger partial charge in [0.15, 0.2) is 0 Å². The van der Waals surface area contributed by atoms with Crippen molar-refractivity contribution in [1.82, 2.24) is 19.2 Å². The maximum absolute atomic E-state index is 13.0. The van der Waals surface area contributed by atoms with Crippen LogP contribution in [0.2, 0.25) is 0 Å². The van der Waals surface area contributed by atoms with E-state index in [9.17, 15) is 13.2 Å². The first-order chi connectivity index (χ1) is 16.4. The van der Waals surface area contributed by atoms with Crippen LogP contribution in [0.4, 0.5) is 0 Å². The highest BCUT2D eigenvalue weighted by Gasteiger charge is 2.26. The summed E-state index contributed by atoms with van der Waals surface area (Å²) in [7, 11) is -0.00227. The van der Waals surface area contributed by atoms with Gasteiger partial charge < -0.3 is 14.6 Å². The first-order valence-electron chi connectivity index (χ1n) is 11.4. The molecule has 0 spiro atoms. The SMILES string of the molecule is COc1ccc(C(NC(=O)Cc2ccc(S(=O)(=O)N3CCCCC3)cc2)c2nccn2C)cc1. The molecule has 1 saturated heterocycles. The van der Waals surface area contributed by atoms with Gasteiger partial charge in [-0.3, -0.25) is 4.79 Å². The van der Waals surface area contributed by atoms with Gasteiger partial charge in [-0.2, -0.15) is 4.31 Å². The lowest BCUT2D eigenvalue weighted by Crippen LogP contribution is -2.35. The number of nitrogens with zero attached hydrogens (tertiary/aromatic N) is 3. The Hall–Kier alpha value is -3.17. The lowest BCUT2D eigenvalue weighted by atomic mass is 10.0. The molecule has 180 valence electrons. The van der Waals surface area contributed by atoms with E-state index >= 15 is 0 Å². The number of hydrogen-bond donors (Lipinski definition) is 1. The van der Waals surface area contributed by atoms with Gasteiger partial charge in [0.25, 0.3) is 0 Å². The van der Waals surface area contributed by atoms with Gasteiger partial charge in [0.2, 0.25) is 15.9 Å². The fraction of sp³-hybridized carbons (Fsp3) is 0.360. The normalized spacial score (nSPS) is 15.6. The second-order valence-corrected chi connectivity index (χ2v) is 10.4. The van der Waals surface area contributed by atoms with Gasteiger partial charge in [-0.25, -0.2) is 13.4 Å². The highest BCUT2D eigenvalue weighted by Crippen LogP contribution is 2.24. The predicted octanol–water partition coefficient (Wildman–Crippen LogP) is 3.05. The number of piperidine rings is 1. The summed E-state index contributed by atoms with van der Waals surface area (Å²) >= 11 is 0. The quantitative estimate of drug-likeness (QED) is 0.533. The molecule has 0 saturated carbocycles. The fourth-order valence-corrected chi connectivity index (χ4v) is 5.70. The third kappa shape index (κ3) is 5.31. The molecule has 0 radical (unpaired) electrons. The molecule has 1 fully saturated rings. The summed E-state index contributed by atoms with van der Waals surface area (Å²) < 4.78 is 34.4. The number of nitrogens with one attached hydrogen (secondary N) is 1. The molecule has 1 aliphatic rings. The van der Waals surface area contributed by atoms with Crippen molar-refractivity contribution in [2.45, 2.75) is 36.6 Å². The lowest BCUT2D eigenvalue weighted by molar-refractivity contribution is -0.121. The number of hydrogen-bond acceptors (Lipinski definition) is 5. The Labute approximate surface area is 200 Å². The van der Waals surface area contributed by atoms with Crippen molar-refractivity contribution in [3.63, 3.8) is 0 Å². The predicted molar refractivity (Wildman–Crippen MR) is 129 cm³/mol. The van der Waals surface area contributed by atoms with E-state index in [4.69, 9.17) is 4.74 Å². The Bertz CT molecular complexity index is 1210. The van der Waals surface area contributed by atoms with Crippen molar-refractivity contribution in [2.24, 2.45) is 7.05 Å². The van der Waals surface area contributed by atoms with Crippen LogP contribution in [0.3, 0.4) is 0 Å². The van der Waals surface area contributed by atoms with Crippen molar-refractivity contribution < 1.29 is 17.9 Å². The topological polar surface area (TPSA) is 93.5 Å². The highest BCUT2D eigenvalue weighted by molar-refractivity contribution is 7.89. The summed E-state index contributed by atoms with van der Waals surface area (Å²) in [5, 5.41) is 3.07. The number of imidazole rings is 1. The lowest BCUT2D eigenvalue weighted by Gasteiger charge is -2.25. The molecule has 4 rings (SSSR count). The molecular weight excluding hydrogens is 452 g/mol. The van der Waals surface area contributed by atoms with Crippen molar-refractivity contribution in [3.05, 3.63) is 77.9 Å². The maximum atomic E-state index is 13.0. The van der Waals surface area contributed by atoms with E-state index in [1.54, 1.807) is 41.9 Å². The van der Waals surface area contributed by atoms with Gasteiger partial charge in [-0.05, 0) is 48.2 Å². The standard InChI is InChI=1S/C25H30N4O4S/c1-28-17-14-26-25(28)24(20-8-10-21(33-2)11-9-20)27-23(30)18-19-6-12-22(13-7-19)34(31,32)29-15-4-3-5-16-29/h6-14,17,24H,3-5,15-16,18H2,1-2H3,(H,27,30). The molecule has 9 heteroatoms. The maximum Gasteiger partial charge on any atom is 0.243 e. The van der Waals surface area contributed by atoms with Crippen LogP contribution >= 0.6 is 0 Å². The molecule has 1 aromatic heterocycles. The van der Waals surface area contributed by atoms with Crippen molar-refractivity contribution >= 4 is 15.9 Å². The van der Waals surface area contributed by atoms with Gasteiger partial charge in [0.1, 0.15) is 17.6 Å². The van der Waals surface area contributed by atoms with Crippen LogP contribution in [-0.4, -0.2) is 48.4 Å². The van der Waals surface area contributed by atoms with E-state index in [-0.39, 0.29) is 17.2 Å². The second kappa shape index (κ2) is 10.4. The first-order valence-corrected chi connectivity index (χ1v) is 12.8. The number of rotatable bonds is 8. The van der Waals surface area contributed by atoms with Gasteiger partial charge in [-0.15, -0.1) is 0 Å². The minimum atomic E-state index is -3.49. The van der Waals surface area contributed by atoms with Crippen LogP contribution in [0.5, 0.6) is 5.75 Å². The number of aryl methyl sites for hydroxylation is 1. The molecule has 2 aromatic carbocycles. The number of benzene rings is 2. The molecule has 1 unspecified atom stereocenters. The van der Waals surface area contributed by atoms with Crippen molar-refractivity contribution in [2.75, 3.05) is 20.2 Å². The number of sulfonamides is 1. The van der Waals surface area contributed by atoms with E-state index < -0.39 is 16.1 Å². The fourth-order valence-electron chi connectivity index (χ4n) is 4.18. The zero-order chi connectivity index (χ0) is 24.1. The minimum Gasteiger partial charge on any atom is -0.497 e. The van der Waals surface area contributed by atoms with E-state index in [0.717, 1.165) is 36.1 Å². The summed E-state index contributed by atoms with van der Waals surface area (Å²) in [5.41, 5.74) is 1.62. The van der Waals surface area contributed by atoms with Crippen molar-refractivity contribution in [1.29, 1.82) is 0 Å². The summed E-state index contributed by atoms with van der Waals surface area (Å²) in [6.07, 6.45) is 6.50. The van der Waals surface area contributed by atoms with Crippen LogP contribution in [0, 0.1) is 0 Å². The Morgan fingerprint density at radius 3 is 2.32 bits per heavy atom. The van der Waals surface area contributed by atoms with Crippen LogP contribution in [-0.2, 0) is 28.3 Å². The highest BCUT2D eigenvalue weighted by atomic mass is 32.2. The Morgan fingerprint density at radius 2 is 1.74 bits per heavy atom. The Balaban J connectivity index is 1.48. The van der Waals surface area contributed by atoms with Crippen LogP contribution < -0.4 is 10.1 Å². The first kappa shape index (κ1) is 24.0. The number of amides is 1. The summed E-state index contributed by atoms with van der Waals surface area (Å²) in [5.74, 6) is 1.25. The molecule has 34 heavy (non-hydrogen) atoms. The molecule has 8 nitrogen and oxygen atoms in total. The van der Waals surface area contributed by atoms with Crippen molar-refractivity contribution in [3.8, 4) is 5.75 Å². The summed E-state index contributed by atoms with van der Waals surface area (Å²) in [6.45, 7) is 1.12. The molecule has 1 atom stereocenters. The number of carbonyl (C=O) groups excluding carboxylic acids is 1. The average molecular weight is 483 g/mol. The molecule has 1 amide bonds. The number of carbonyl (C=O) groups is 1. The number of aromatic nitrogens is 2. The van der Waals surface area contributed by atoms with Gasteiger partial charge in [-0.1, -0.05) is 30.7 Å². The zero-order valence-corrected chi connectivity index (χ0v) is 20.3. The Morgan fingerprint density at radius 1 is 1.06 bits per heavy atom. The molecular formula is C25H30N4O4S. The van der Waals surface area contributed by atoms with Gasteiger partial charge >= 0.3 is 0 Å². The van der Waals surface area contributed by atoms with Gasteiger partial charge in [0, 0.05) is 32.5 Å². The molecule has 0 aliphatic carbocycles. The minimum absolute atomic E-state index is 0.126. The van der Waals surface area contributed by atoms with E-state index in [1.165, 1.54) is 0 Å². The third-order valence-electron chi connectivity index (χ3n) is 6.11. The smallest absolute Gasteiger partial charge is 0.243 e. The largest absolute Gasteiger partial charge is 0.497 e. The molecule has 1 aliphatic heterocycles. The molecule has 0 bridgehead atoms. The van der Waals surface area contributed by atoms with Crippen LogP contribution in [0.15, 0.2) is 65.8 Å². The molecule has 1 N–H and O–H groups in total. The number of ether oxygens (including phenoxy) is 1. The van der Waals surface area contributed by atoms with Crippen LogP contribution in [0.25, 0.3) is 0 Å². The van der Waals surface area contributed by atoms with E-state index in [0.29, 0.717) is 18.9 Å². The average Bonchev–Trinajstić information content (AvgIpc) is 3.29.